The summed E-state index contributed by atoms with van der Waals surface area (Å²) >= 11 is 0. The van der Waals surface area contributed by atoms with Gasteiger partial charge in [-0.25, -0.2) is 0 Å². The normalized spacial score (nSPS) is 15.4. The second-order valence-corrected chi connectivity index (χ2v) is 5.68. The molecule has 1 aromatic rings. The molecule has 1 fully saturated rings. The lowest BCUT2D eigenvalue weighted by Crippen LogP contribution is -2.24. The van der Waals surface area contributed by atoms with Crippen LogP contribution in [-0.4, -0.2) is 19.6 Å². The highest BCUT2D eigenvalue weighted by atomic mass is 16.5. The number of benzene rings is 1. The first-order valence-electron chi connectivity index (χ1n) is 7.65. The van der Waals surface area contributed by atoms with Gasteiger partial charge in [0, 0.05) is 19.2 Å². The molecule has 20 heavy (non-hydrogen) atoms. The van der Waals surface area contributed by atoms with Crippen molar-refractivity contribution in [2.75, 3.05) is 13.7 Å². The Morgan fingerprint density at radius 2 is 2.15 bits per heavy atom. The summed E-state index contributed by atoms with van der Waals surface area (Å²) in [5.41, 5.74) is 1.76. The molecule has 2 rings (SSSR count). The van der Waals surface area contributed by atoms with Crippen LogP contribution in [0.2, 0.25) is 0 Å². The number of amides is 1. The maximum absolute atomic E-state index is 12.0. The fourth-order valence-electron chi connectivity index (χ4n) is 2.96. The molecule has 110 valence electrons. The highest BCUT2D eigenvalue weighted by Crippen LogP contribution is 2.28. The van der Waals surface area contributed by atoms with Gasteiger partial charge in [0.05, 0.1) is 6.61 Å². The van der Waals surface area contributed by atoms with Crippen LogP contribution in [0.3, 0.4) is 0 Å². The number of nitrogens with one attached hydrogen (secondary N) is 1. The third kappa shape index (κ3) is 4.64. The molecule has 1 amide bonds. The predicted molar refractivity (Wildman–Crippen MR) is 80.7 cm³/mol. The molecule has 1 N–H and O–H groups in total. The fourth-order valence-corrected chi connectivity index (χ4v) is 2.96. The summed E-state index contributed by atoms with van der Waals surface area (Å²) in [7, 11) is 1.66. The molecule has 1 aliphatic carbocycles. The van der Waals surface area contributed by atoms with Gasteiger partial charge in [-0.1, -0.05) is 37.8 Å². The van der Waals surface area contributed by atoms with E-state index in [1.54, 1.807) is 7.11 Å². The summed E-state index contributed by atoms with van der Waals surface area (Å²) in [6.45, 7) is 1.33. The molecule has 0 aromatic heterocycles. The molecular weight excluding hydrogens is 250 g/mol. The van der Waals surface area contributed by atoms with Gasteiger partial charge in [-0.2, -0.15) is 0 Å². The third-order valence-electron chi connectivity index (χ3n) is 4.05. The van der Waals surface area contributed by atoms with E-state index in [2.05, 4.69) is 5.32 Å². The third-order valence-corrected chi connectivity index (χ3v) is 4.05. The Balaban J connectivity index is 1.72. The van der Waals surface area contributed by atoms with Crippen LogP contribution in [0.15, 0.2) is 24.3 Å². The van der Waals surface area contributed by atoms with Crippen molar-refractivity contribution in [3.8, 4) is 0 Å². The van der Waals surface area contributed by atoms with Gasteiger partial charge in [-0.3, -0.25) is 4.79 Å². The number of hydrogen-bond donors (Lipinski definition) is 1. The van der Waals surface area contributed by atoms with Crippen LogP contribution in [-0.2, 0) is 11.3 Å². The van der Waals surface area contributed by atoms with Gasteiger partial charge >= 0.3 is 0 Å². The first kappa shape index (κ1) is 15.0. The molecule has 0 unspecified atom stereocenters. The summed E-state index contributed by atoms with van der Waals surface area (Å²) in [6, 6.07) is 7.63. The maximum atomic E-state index is 12.0. The SMILES string of the molecule is COCc1cccc(C(=O)NCCCC2CCCC2)c1. The zero-order chi connectivity index (χ0) is 14.2. The Hall–Kier alpha value is -1.35. The quantitative estimate of drug-likeness (QED) is 0.773. The van der Waals surface area contributed by atoms with Gasteiger partial charge in [-0.05, 0) is 36.5 Å². The minimum Gasteiger partial charge on any atom is -0.380 e. The average molecular weight is 275 g/mol. The molecular formula is C17H25NO2. The number of carbonyl (C=O) groups is 1. The lowest BCUT2D eigenvalue weighted by molar-refractivity contribution is 0.0952. The highest BCUT2D eigenvalue weighted by molar-refractivity contribution is 5.94. The van der Waals surface area contributed by atoms with E-state index in [1.165, 1.54) is 32.1 Å². The van der Waals surface area contributed by atoms with Gasteiger partial charge in [0.2, 0.25) is 0 Å². The van der Waals surface area contributed by atoms with Crippen molar-refractivity contribution in [1.29, 1.82) is 0 Å². The van der Waals surface area contributed by atoms with Crippen molar-refractivity contribution >= 4 is 5.91 Å². The molecule has 0 spiro atoms. The molecule has 0 atom stereocenters. The molecule has 0 saturated heterocycles. The number of hydrogen-bond acceptors (Lipinski definition) is 2. The molecule has 3 heteroatoms. The van der Waals surface area contributed by atoms with Crippen LogP contribution in [0.25, 0.3) is 0 Å². The van der Waals surface area contributed by atoms with E-state index in [1.807, 2.05) is 24.3 Å². The molecule has 1 aliphatic rings. The van der Waals surface area contributed by atoms with E-state index < -0.39 is 0 Å². The molecule has 0 heterocycles. The van der Waals surface area contributed by atoms with Crippen molar-refractivity contribution in [2.45, 2.75) is 45.1 Å². The number of ether oxygens (including phenoxy) is 1. The van der Waals surface area contributed by atoms with Crippen LogP contribution in [0.4, 0.5) is 0 Å². The monoisotopic (exact) mass is 275 g/mol. The second-order valence-electron chi connectivity index (χ2n) is 5.68. The molecule has 3 nitrogen and oxygen atoms in total. The summed E-state index contributed by atoms with van der Waals surface area (Å²) in [4.78, 5) is 12.0. The van der Waals surface area contributed by atoms with Crippen LogP contribution in [0.5, 0.6) is 0 Å². The topological polar surface area (TPSA) is 38.3 Å². The van der Waals surface area contributed by atoms with Crippen molar-refractivity contribution in [3.63, 3.8) is 0 Å². The summed E-state index contributed by atoms with van der Waals surface area (Å²) in [5, 5.41) is 3.01. The van der Waals surface area contributed by atoms with Gasteiger partial charge < -0.3 is 10.1 Å². The zero-order valence-corrected chi connectivity index (χ0v) is 12.4. The zero-order valence-electron chi connectivity index (χ0n) is 12.4. The van der Waals surface area contributed by atoms with Gasteiger partial charge in [0.25, 0.3) is 5.91 Å². The molecule has 1 saturated carbocycles. The Morgan fingerprint density at radius 1 is 1.35 bits per heavy atom. The summed E-state index contributed by atoms with van der Waals surface area (Å²) in [5.74, 6) is 0.923. The minimum absolute atomic E-state index is 0.0226. The van der Waals surface area contributed by atoms with Crippen LogP contribution in [0.1, 0.15) is 54.4 Å². The van der Waals surface area contributed by atoms with Gasteiger partial charge in [0.1, 0.15) is 0 Å². The first-order valence-corrected chi connectivity index (χ1v) is 7.65. The number of rotatable bonds is 7. The van der Waals surface area contributed by atoms with Gasteiger partial charge in [-0.15, -0.1) is 0 Å². The van der Waals surface area contributed by atoms with E-state index in [-0.39, 0.29) is 5.91 Å². The van der Waals surface area contributed by atoms with Gasteiger partial charge in [0.15, 0.2) is 0 Å². The van der Waals surface area contributed by atoms with E-state index in [4.69, 9.17) is 4.74 Å². The van der Waals surface area contributed by atoms with E-state index >= 15 is 0 Å². The summed E-state index contributed by atoms with van der Waals surface area (Å²) in [6.07, 6.45) is 7.89. The fraction of sp³-hybridized carbons (Fsp3) is 0.588. The average Bonchev–Trinajstić information content (AvgIpc) is 2.97. The van der Waals surface area contributed by atoms with Crippen LogP contribution >= 0.6 is 0 Å². The van der Waals surface area contributed by atoms with Crippen molar-refractivity contribution in [2.24, 2.45) is 5.92 Å². The van der Waals surface area contributed by atoms with Crippen molar-refractivity contribution < 1.29 is 9.53 Å². The van der Waals surface area contributed by atoms with E-state index in [0.717, 1.165) is 30.0 Å². The second kappa shape index (κ2) is 8.05. The molecule has 0 bridgehead atoms. The van der Waals surface area contributed by atoms with Crippen molar-refractivity contribution in [1.82, 2.24) is 5.32 Å². The maximum Gasteiger partial charge on any atom is 0.251 e. The van der Waals surface area contributed by atoms with E-state index in [0.29, 0.717) is 6.61 Å². The lowest BCUT2D eigenvalue weighted by Gasteiger charge is -2.10. The number of carbonyl (C=O) groups excluding carboxylic acids is 1. The molecule has 0 radical (unpaired) electrons. The smallest absolute Gasteiger partial charge is 0.251 e. The Bertz CT molecular complexity index is 425. The van der Waals surface area contributed by atoms with Crippen LogP contribution in [0, 0.1) is 5.92 Å². The molecule has 1 aromatic carbocycles. The summed E-state index contributed by atoms with van der Waals surface area (Å²) < 4.78 is 5.09. The lowest BCUT2D eigenvalue weighted by atomic mass is 10.0. The number of methoxy groups -OCH3 is 1. The Labute approximate surface area is 121 Å². The Morgan fingerprint density at radius 3 is 2.90 bits per heavy atom. The predicted octanol–water partition coefficient (Wildman–Crippen LogP) is 3.53. The first-order chi connectivity index (χ1) is 9.79. The molecule has 0 aliphatic heterocycles. The largest absolute Gasteiger partial charge is 0.380 e. The standard InChI is InChI=1S/C17H25NO2/c1-20-13-15-8-4-10-16(12-15)17(19)18-11-5-9-14-6-2-3-7-14/h4,8,10,12,14H,2-3,5-7,9,11,13H2,1H3,(H,18,19). The minimum atomic E-state index is 0.0226. The van der Waals surface area contributed by atoms with Crippen molar-refractivity contribution in [3.05, 3.63) is 35.4 Å². The highest BCUT2D eigenvalue weighted by Gasteiger charge is 2.14. The van der Waals surface area contributed by atoms with Crippen LogP contribution < -0.4 is 5.32 Å². The Kier molecular flexibility index (Phi) is 6.06. The van der Waals surface area contributed by atoms with E-state index in [9.17, 15) is 4.79 Å².